The maximum atomic E-state index is 12.9. The van der Waals surface area contributed by atoms with Crippen molar-refractivity contribution in [1.29, 1.82) is 0 Å². The molecule has 0 aliphatic rings. The Hall–Kier alpha value is -3.67. The molecule has 6 nitrogen and oxygen atoms in total. The van der Waals surface area contributed by atoms with Crippen LogP contribution in [0.2, 0.25) is 0 Å². The minimum atomic E-state index is -0.200. The summed E-state index contributed by atoms with van der Waals surface area (Å²) < 4.78 is 3.24. The summed E-state index contributed by atoms with van der Waals surface area (Å²) in [6.07, 6.45) is 3.39. The average Bonchev–Trinajstić information content (AvgIpc) is 3.08. The van der Waals surface area contributed by atoms with E-state index in [1.807, 2.05) is 73.8 Å². The fourth-order valence-corrected chi connectivity index (χ4v) is 3.27. The first kappa shape index (κ1) is 17.7. The van der Waals surface area contributed by atoms with Gasteiger partial charge in [-0.3, -0.25) is 14.2 Å². The molecule has 2 heterocycles. The van der Waals surface area contributed by atoms with Crippen LogP contribution < -0.4 is 10.9 Å². The number of carbonyl (C=O) groups is 1. The van der Waals surface area contributed by atoms with Gasteiger partial charge < -0.3 is 9.88 Å². The van der Waals surface area contributed by atoms with E-state index in [9.17, 15) is 9.59 Å². The molecule has 2 aromatic heterocycles. The molecule has 1 amide bonds. The number of carbonyl (C=O) groups excluding carboxylic acids is 1. The molecule has 0 unspecified atom stereocenters. The molecule has 0 fully saturated rings. The third-order valence-corrected chi connectivity index (χ3v) is 4.64. The Morgan fingerprint density at radius 2 is 1.68 bits per heavy atom. The van der Waals surface area contributed by atoms with E-state index in [1.165, 1.54) is 0 Å². The van der Waals surface area contributed by atoms with Crippen molar-refractivity contribution in [1.82, 2.24) is 14.1 Å². The number of hydrogen-bond acceptors (Lipinski definition) is 3. The quantitative estimate of drug-likeness (QED) is 0.583. The summed E-state index contributed by atoms with van der Waals surface area (Å²) in [5.74, 6) is -0.200. The second-order valence-electron chi connectivity index (χ2n) is 6.48. The van der Waals surface area contributed by atoms with Crippen LogP contribution in [0, 0.1) is 0 Å². The van der Waals surface area contributed by atoms with Crippen LogP contribution in [0.4, 0.5) is 5.69 Å². The van der Waals surface area contributed by atoms with E-state index in [1.54, 1.807) is 15.5 Å². The predicted octanol–water partition coefficient (Wildman–Crippen LogP) is 3.52. The molecule has 4 aromatic rings. The number of nitrogens with zero attached hydrogens (tertiary/aromatic N) is 3. The normalized spacial score (nSPS) is 10.9. The molecule has 0 saturated heterocycles. The van der Waals surface area contributed by atoms with Gasteiger partial charge in [-0.25, -0.2) is 4.98 Å². The number of aromatic nitrogens is 3. The average molecular weight is 372 g/mol. The van der Waals surface area contributed by atoms with Crippen LogP contribution in [-0.4, -0.2) is 20.0 Å². The van der Waals surface area contributed by atoms with Crippen molar-refractivity contribution < 1.29 is 4.79 Å². The molecule has 0 saturated carbocycles. The summed E-state index contributed by atoms with van der Waals surface area (Å²) in [6, 6.07) is 19.0. The fraction of sp³-hybridized carbons (Fsp3) is 0.136. The molecule has 0 aliphatic carbocycles. The van der Waals surface area contributed by atoms with Crippen LogP contribution in [0.5, 0.6) is 0 Å². The lowest BCUT2D eigenvalue weighted by Crippen LogP contribution is -2.24. The third-order valence-electron chi connectivity index (χ3n) is 4.64. The van der Waals surface area contributed by atoms with Crippen molar-refractivity contribution >= 4 is 22.6 Å². The Morgan fingerprint density at radius 3 is 2.36 bits per heavy atom. The largest absolute Gasteiger partial charge is 0.332 e. The standard InChI is InChI=1S/C22H20N4O2/c1-2-25-15-23-20-18(16-9-5-3-6-10-16)13-26(21(20)22(25)28)14-19(27)24-17-11-7-4-8-12-17/h3-13,15H,2,14H2,1H3,(H,24,27). The first-order chi connectivity index (χ1) is 13.7. The van der Waals surface area contributed by atoms with Crippen molar-refractivity contribution in [2.45, 2.75) is 20.0 Å². The maximum absolute atomic E-state index is 12.9. The van der Waals surface area contributed by atoms with E-state index in [-0.39, 0.29) is 18.0 Å². The van der Waals surface area contributed by atoms with Gasteiger partial charge in [0.1, 0.15) is 17.6 Å². The number of rotatable bonds is 5. The summed E-state index contributed by atoms with van der Waals surface area (Å²) in [6.45, 7) is 2.44. The molecular weight excluding hydrogens is 352 g/mol. The zero-order chi connectivity index (χ0) is 19.5. The topological polar surface area (TPSA) is 68.9 Å². The first-order valence-corrected chi connectivity index (χ1v) is 9.16. The predicted molar refractivity (Wildman–Crippen MR) is 110 cm³/mol. The van der Waals surface area contributed by atoms with Gasteiger partial charge in [0.25, 0.3) is 5.56 Å². The maximum Gasteiger partial charge on any atom is 0.277 e. The van der Waals surface area contributed by atoms with Gasteiger partial charge in [0.15, 0.2) is 0 Å². The van der Waals surface area contributed by atoms with E-state index < -0.39 is 0 Å². The lowest BCUT2D eigenvalue weighted by Gasteiger charge is -2.08. The highest BCUT2D eigenvalue weighted by atomic mass is 16.2. The Morgan fingerprint density at radius 1 is 1.00 bits per heavy atom. The highest BCUT2D eigenvalue weighted by Gasteiger charge is 2.17. The number of aryl methyl sites for hydroxylation is 1. The minimum absolute atomic E-state index is 0.0306. The van der Waals surface area contributed by atoms with Crippen molar-refractivity contribution in [3.63, 3.8) is 0 Å². The molecular formula is C22H20N4O2. The molecule has 140 valence electrons. The molecule has 0 bridgehead atoms. The molecule has 0 spiro atoms. The van der Waals surface area contributed by atoms with Crippen molar-refractivity contribution in [2.75, 3.05) is 5.32 Å². The second kappa shape index (κ2) is 7.52. The molecule has 28 heavy (non-hydrogen) atoms. The van der Waals surface area contributed by atoms with Crippen LogP contribution in [0.1, 0.15) is 6.92 Å². The van der Waals surface area contributed by atoms with Gasteiger partial charge in [0.2, 0.25) is 5.91 Å². The number of hydrogen-bond donors (Lipinski definition) is 1. The van der Waals surface area contributed by atoms with Gasteiger partial charge in [0.05, 0.1) is 6.33 Å². The number of amides is 1. The Labute approximate surface area is 162 Å². The molecule has 0 radical (unpaired) electrons. The van der Waals surface area contributed by atoms with Crippen LogP contribution >= 0.6 is 0 Å². The van der Waals surface area contributed by atoms with E-state index in [0.717, 1.165) is 16.8 Å². The van der Waals surface area contributed by atoms with Crippen molar-refractivity contribution in [3.05, 3.63) is 83.5 Å². The monoisotopic (exact) mass is 372 g/mol. The first-order valence-electron chi connectivity index (χ1n) is 9.16. The number of para-hydroxylation sites is 1. The third kappa shape index (κ3) is 3.32. The van der Waals surface area contributed by atoms with Gasteiger partial charge in [-0.05, 0) is 24.6 Å². The van der Waals surface area contributed by atoms with Gasteiger partial charge in [-0.1, -0.05) is 48.5 Å². The summed E-state index contributed by atoms with van der Waals surface area (Å²) in [5.41, 5.74) is 3.40. The van der Waals surface area contributed by atoms with Crippen LogP contribution in [-0.2, 0) is 17.9 Å². The Kier molecular flexibility index (Phi) is 4.76. The smallest absolute Gasteiger partial charge is 0.277 e. The number of benzene rings is 2. The summed E-state index contributed by atoms with van der Waals surface area (Å²) >= 11 is 0. The second-order valence-corrected chi connectivity index (χ2v) is 6.48. The van der Waals surface area contributed by atoms with E-state index in [0.29, 0.717) is 17.6 Å². The van der Waals surface area contributed by atoms with E-state index in [4.69, 9.17) is 0 Å². The lowest BCUT2D eigenvalue weighted by molar-refractivity contribution is -0.116. The number of nitrogens with one attached hydrogen (secondary N) is 1. The minimum Gasteiger partial charge on any atom is -0.332 e. The van der Waals surface area contributed by atoms with E-state index in [2.05, 4.69) is 10.3 Å². The molecule has 2 aromatic carbocycles. The Bertz CT molecular complexity index is 1180. The molecule has 1 N–H and O–H groups in total. The molecule has 0 atom stereocenters. The summed E-state index contributed by atoms with van der Waals surface area (Å²) in [5, 5.41) is 2.86. The number of anilines is 1. The fourth-order valence-electron chi connectivity index (χ4n) is 3.27. The Balaban J connectivity index is 1.78. The van der Waals surface area contributed by atoms with Crippen molar-refractivity contribution in [2.24, 2.45) is 0 Å². The van der Waals surface area contributed by atoms with E-state index >= 15 is 0 Å². The van der Waals surface area contributed by atoms with Crippen LogP contribution in [0.15, 0.2) is 78.0 Å². The van der Waals surface area contributed by atoms with Gasteiger partial charge in [0, 0.05) is 24.0 Å². The highest BCUT2D eigenvalue weighted by molar-refractivity contribution is 5.95. The zero-order valence-electron chi connectivity index (χ0n) is 15.5. The number of fused-ring (bicyclic) bond motifs is 1. The SMILES string of the molecule is CCn1cnc2c(-c3ccccc3)cn(CC(=O)Nc3ccccc3)c2c1=O. The molecule has 4 rings (SSSR count). The van der Waals surface area contributed by atoms with Gasteiger partial charge >= 0.3 is 0 Å². The van der Waals surface area contributed by atoms with Crippen molar-refractivity contribution in [3.8, 4) is 11.1 Å². The summed E-state index contributed by atoms with van der Waals surface area (Å²) in [4.78, 5) is 30.0. The van der Waals surface area contributed by atoms with Gasteiger partial charge in [-0.15, -0.1) is 0 Å². The highest BCUT2D eigenvalue weighted by Crippen LogP contribution is 2.27. The van der Waals surface area contributed by atoms with Crippen LogP contribution in [0.3, 0.4) is 0 Å². The van der Waals surface area contributed by atoms with Gasteiger partial charge in [-0.2, -0.15) is 0 Å². The van der Waals surface area contributed by atoms with Crippen LogP contribution in [0.25, 0.3) is 22.2 Å². The summed E-state index contributed by atoms with van der Waals surface area (Å²) in [7, 11) is 0. The lowest BCUT2D eigenvalue weighted by atomic mass is 10.1. The zero-order valence-corrected chi connectivity index (χ0v) is 15.5. The molecule has 6 heteroatoms. The molecule has 0 aliphatic heterocycles.